The Kier molecular flexibility index (Phi) is 5.42. The molecule has 0 fully saturated rings. The van der Waals surface area contributed by atoms with Gasteiger partial charge in [0, 0.05) is 25.4 Å². The third-order valence-corrected chi connectivity index (χ3v) is 2.36. The van der Waals surface area contributed by atoms with E-state index in [-0.39, 0.29) is 12.5 Å². The Bertz CT molecular complexity index is 367. The Morgan fingerprint density at radius 3 is 3.00 bits per heavy atom. The molecule has 0 bridgehead atoms. The Balaban J connectivity index is 2.72. The summed E-state index contributed by atoms with van der Waals surface area (Å²) < 4.78 is 0. The van der Waals surface area contributed by atoms with E-state index in [1.54, 1.807) is 11.1 Å². The molecule has 1 rings (SSSR count). The van der Waals surface area contributed by atoms with E-state index in [1.807, 2.05) is 19.2 Å². The average molecular weight is 236 g/mol. The predicted octanol–water partition coefficient (Wildman–Crippen LogP) is 0.503. The van der Waals surface area contributed by atoms with E-state index < -0.39 is 0 Å². The maximum Gasteiger partial charge on any atom is 0.236 e. The number of hydrogen-bond acceptors (Lipinski definition) is 4. The van der Waals surface area contributed by atoms with E-state index in [9.17, 15) is 4.79 Å². The van der Waals surface area contributed by atoms with Crippen molar-refractivity contribution in [2.75, 3.05) is 25.0 Å². The predicted molar refractivity (Wildman–Crippen MR) is 68.7 cm³/mol. The number of nitrogens with two attached hydrogens (primary N) is 1. The second kappa shape index (κ2) is 6.85. The van der Waals surface area contributed by atoms with Gasteiger partial charge in [-0.3, -0.25) is 4.79 Å². The molecular weight excluding hydrogens is 216 g/mol. The molecule has 0 aliphatic heterocycles. The van der Waals surface area contributed by atoms with Crippen molar-refractivity contribution in [2.24, 2.45) is 5.73 Å². The molecule has 1 aromatic rings. The van der Waals surface area contributed by atoms with E-state index in [4.69, 9.17) is 5.73 Å². The second-order valence-corrected chi connectivity index (χ2v) is 3.99. The quantitative estimate of drug-likeness (QED) is 0.676. The number of pyridine rings is 1. The van der Waals surface area contributed by atoms with Crippen molar-refractivity contribution in [1.82, 2.24) is 10.3 Å². The third-order valence-electron chi connectivity index (χ3n) is 2.36. The molecule has 0 aliphatic rings. The SMILES string of the molecule is CCCNCc1cccnc1N(C)CC(N)=O. The van der Waals surface area contributed by atoms with Crippen LogP contribution in [0.15, 0.2) is 18.3 Å². The Morgan fingerprint density at radius 1 is 1.59 bits per heavy atom. The lowest BCUT2D eigenvalue weighted by Gasteiger charge is -2.19. The van der Waals surface area contributed by atoms with Gasteiger partial charge in [0.25, 0.3) is 0 Å². The molecule has 0 unspecified atom stereocenters. The van der Waals surface area contributed by atoms with E-state index in [0.29, 0.717) is 0 Å². The van der Waals surface area contributed by atoms with Gasteiger partial charge in [0.05, 0.1) is 6.54 Å². The first-order valence-corrected chi connectivity index (χ1v) is 5.79. The molecule has 0 spiro atoms. The average Bonchev–Trinajstić information content (AvgIpc) is 2.29. The van der Waals surface area contributed by atoms with Gasteiger partial charge in [-0.1, -0.05) is 13.0 Å². The van der Waals surface area contributed by atoms with Gasteiger partial charge in [-0.05, 0) is 19.0 Å². The van der Waals surface area contributed by atoms with Gasteiger partial charge in [0.2, 0.25) is 5.91 Å². The van der Waals surface area contributed by atoms with Crippen molar-refractivity contribution in [2.45, 2.75) is 19.9 Å². The molecule has 0 aromatic carbocycles. The van der Waals surface area contributed by atoms with Crippen molar-refractivity contribution >= 4 is 11.7 Å². The first kappa shape index (κ1) is 13.4. The first-order chi connectivity index (χ1) is 8.15. The summed E-state index contributed by atoms with van der Waals surface area (Å²) in [4.78, 5) is 16.9. The highest BCUT2D eigenvalue weighted by molar-refractivity contribution is 5.79. The van der Waals surface area contributed by atoms with E-state index >= 15 is 0 Å². The molecule has 17 heavy (non-hydrogen) atoms. The zero-order valence-electron chi connectivity index (χ0n) is 10.4. The molecular formula is C12H20N4O. The van der Waals surface area contributed by atoms with Crippen LogP contribution >= 0.6 is 0 Å². The number of carbonyl (C=O) groups is 1. The Labute approximate surface area is 102 Å². The van der Waals surface area contributed by atoms with E-state index in [2.05, 4.69) is 17.2 Å². The molecule has 5 nitrogen and oxygen atoms in total. The molecule has 1 amide bonds. The van der Waals surface area contributed by atoms with E-state index in [0.717, 1.165) is 30.9 Å². The topological polar surface area (TPSA) is 71.2 Å². The summed E-state index contributed by atoms with van der Waals surface area (Å²) in [5.74, 6) is 0.445. The number of primary amides is 1. The number of carbonyl (C=O) groups excluding carboxylic acids is 1. The molecule has 94 valence electrons. The molecule has 3 N–H and O–H groups in total. The zero-order chi connectivity index (χ0) is 12.7. The van der Waals surface area contributed by atoms with Crippen molar-refractivity contribution < 1.29 is 4.79 Å². The second-order valence-electron chi connectivity index (χ2n) is 3.99. The van der Waals surface area contributed by atoms with Crippen molar-refractivity contribution in [3.05, 3.63) is 23.9 Å². The number of rotatable bonds is 7. The van der Waals surface area contributed by atoms with Crippen LogP contribution in [0.5, 0.6) is 0 Å². The van der Waals surface area contributed by atoms with Crippen molar-refractivity contribution in [3.8, 4) is 0 Å². The van der Waals surface area contributed by atoms with Gasteiger partial charge in [-0.15, -0.1) is 0 Å². The lowest BCUT2D eigenvalue weighted by molar-refractivity contribution is -0.116. The molecule has 1 heterocycles. The van der Waals surface area contributed by atoms with Gasteiger partial charge < -0.3 is 16.0 Å². The van der Waals surface area contributed by atoms with Crippen molar-refractivity contribution in [3.63, 3.8) is 0 Å². The first-order valence-electron chi connectivity index (χ1n) is 5.79. The number of hydrogen-bond donors (Lipinski definition) is 2. The Hall–Kier alpha value is -1.62. The van der Waals surface area contributed by atoms with Crippen LogP contribution in [0.1, 0.15) is 18.9 Å². The zero-order valence-corrected chi connectivity index (χ0v) is 10.4. The lowest BCUT2D eigenvalue weighted by Crippen LogP contribution is -2.32. The molecule has 5 heteroatoms. The summed E-state index contributed by atoms with van der Waals surface area (Å²) >= 11 is 0. The molecule has 1 aromatic heterocycles. The third kappa shape index (κ3) is 4.40. The minimum atomic E-state index is -0.356. The molecule has 0 aliphatic carbocycles. The smallest absolute Gasteiger partial charge is 0.236 e. The van der Waals surface area contributed by atoms with Crippen LogP contribution in [0.3, 0.4) is 0 Å². The minimum Gasteiger partial charge on any atom is -0.368 e. The molecule has 0 saturated carbocycles. The Morgan fingerprint density at radius 2 is 2.35 bits per heavy atom. The van der Waals surface area contributed by atoms with Gasteiger partial charge >= 0.3 is 0 Å². The standard InChI is InChI=1S/C12H20N4O/c1-3-6-14-8-10-5-4-7-15-12(10)16(2)9-11(13)17/h4-5,7,14H,3,6,8-9H2,1-2H3,(H2,13,17). The van der Waals surface area contributed by atoms with Crippen LogP contribution in [0, 0.1) is 0 Å². The monoisotopic (exact) mass is 236 g/mol. The number of amides is 1. The maximum absolute atomic E-state index is 10.9. The summed E-state index contributed by atoms with van der Waals surface area (Å²) in [5, 5.41) is 3.32. The van der Waals surface area contributed by atoms with Crippen LogP contribution < -0.4 is 16.0 Å². The summed E-state index contributed by atoms with van der Waals surface area (Å²) in [6, 6.07) is 3.90. The maximum atomic E-state index is 10.9. The molecule has 0 radical (unpaired) electrons. The van der Waals surface area contributed by atoms with Crippen LogP contribution in [-0.2, 0) is 11.3 Å². The van der Waals surface area contributed by atoms with Crippen LogP contribution in [-0.4, -0.2) is 31.0 Å². The highest BCUT2D eigenvalue weighted by atomic mass is 16.1. The van der Waals surface area contributed by atoms with Crippen LogP contribution in [0.4, 0.5) is 5.82 Å². The largest absolute Gasteiger partial charge is 0.368 e. The number of aromatic nitrogens is 1. The minimum absolute atomic E-state index is 0.178. The summed E-state index contributed by atoms with van der Waals surface area (Å²) in [5.41, 5.74) is 6.25. The number of nitrogens with one attached hydrogen (secondary N) is 1. The van der Waals surface area contributed by atoms with Gasteiger partial charge in [0.15, 0.2) is 0 Å². The molecule has 0 saturated heterocycles. The fraction of sp³-hybridized carbons (Fsp3) is 0.500. The lowest BCUT2D eigenvalue weighted by atomic mass is 10.2. The van der Waals surface area contributed by atoms with Crippen molar-refractivity contribution in [1.29, 1.82) is 0 Å². The fourth-order valence-electron chi connectivity index (χ4n) is 1.62. The highest BCUT2D eigenvalue weighted by Crippen LogP contribution is 2.14. The fourth-order valence-corrected chi connectivity index (χ4v) is 1.62. The number of nitrogens with zero attached hydrogens (tertiary/aromatic N) is 2. The van der Waals surface area contributed by atoms with Crippen LogP contribution in [0.2, 0.25) is 0 Å². The van der Waals surface area contributed by atoms with Gasteiger partial charge in [-0.25, -0.2) is 4.98 Å². The summed E-state index contributed by atoms with van der Waals surface area (Å²) in [6.45, 7) is 4.02. The van der Waals surface area contributed by atoms with E-state index in [1.165, 1.54) is 0 Å². The van der Waals surface area contributed by atoms with Gasteiger partial charge in [0.1, 0.15) is 5.82 Å². The molecule has 0 atom stereocenters. The normalized spacial score (nSPS) is 10.2. The van der Waals surface area contributed by atoms with Crippen LogP contribution in [0.25, 0.3) is 0 Å². The highest BCUT2D eigenvalue weighted by Gasteiger charge is 2.09. The summed E-state index contributed by atoms with van der Waals surface area (Å²) in [6.07, 6.45) is 2.81. The van der Waals surface area contributed by atoms with Gasteiger partial charge in [-0.2, -0.15) is 0 Å². The summed E-state index contributed by atoms with van der Waals surface area (Å²) in [7, 11) is 1.82. The number of anilines is 1. The number of likely N-dealkylation sites (N-methyl/N-ethyl adjacent to an activating group) is 1.